The van der Waals surface area contributed by atoms with Gasteiger partial charge in [0, 0.05) is 5.54 Å². The average Bonchev–Trinajstić information content (AvgIpc) is 2.42. The molecule has 3 nitrogen and oxygen atoms in total. The van der Waals surface area contributed by atoms with Crippen molar-refractivity contribution < 1.29 is 9.53 Å². The van der Waals surface area contributed by atoms with Gasteiger partial charge in [-0.15, -0.1) is 0 Å². The predicted molar refractivity (Wildman–Crippen MR) is 96.1 cm³/mol. The third kappa shape index (κ3) is 4.47. The number of rotatable bonds is 4. The van der Waals surface area contributed by atoms with E-state index in [4.69, 9.17) is 4.74 Å². The van der Waals surface area contributed by atoms with Crippen molar-refractivity contribution in [3.8, 4) is 5.75 Å². The van der Waals surface area contributed by atoms with Gasteiger partial charge in [0.15, 0.2) is 0 Å². The molecule has 23 heavy (non-hydrogen) atoms. The second kappa shape index (κ2) is 6.23. The summed E-state index contributed by atoms with van der Waals surface area (Å²) in [4.78, 5) is 12.8. The molecule has 2 aromatic rings. The van der Waals surface area contributed by atoms with Gasteiger partial charge in [-0.3, -0.25) is 4.79 Å². The Hall–Kier alpha value is -2.03. The van der Waals surface area contributed by atoms with Crippen molar-refractivity contribution in [2.24, 2.45) is 5.41 Å². The zero-order chi connectivity index (χ0) is 17.3. The number of hydrogen-bond acceptors (Lipinski definition) is 2. The highest BCUT2D eigenvalue weighted by atomic mass is 16.5. The van der Waals surface area contributed by atoms with E-state index in [1.54, 1.807) is 7.11 Å². The Morgan fingerprint density at radius 3 is 2.13 bits per heavy atom. The molecule has 0 aliphatic carbocycles. The number of carbonyl (C=O) groups is 1. The van der Waals surface area contributed by atoms with E-state index in [1.165, 1.54) is 0 Å². The van der Waals surface area contributed by atoms with Crippen molar-refractivity contribution in [1.82, 2.24) is 5.32 Å². The maximum Gasteiger partial charge on any atom is 0.255 e. The minimum absolute atomic E-state index is 0.0955. The Balaban J connectivity index is 2.33. The molecule has 0 aliphatic rings. The number of amides is 1. The maximum atomic E-state index is 12.8. The average molecular weight is 313 g/mol. The highest BCUT2D eigenvalue weighted by Gasteiger charge is 2.28. The summed E-state index contributed by atoms with van der Waals surface area (Å²) < 4.78 is 5.43. The molecule has 2 rings (SSSR count). The van der Waals surface area contributed by atoms with Crippen LogP contribution < -0.4 is 10.1 Å². The van der Waals surface area contributed by atoms with Crippen molar-refractivity contribution in [3.05, 3.63) is 42.0 Å². The molecule has 0 fully saturated rings. The highest BCUT2D eigenvalue weighted by molar-refractivity contribution is 6.01. The van der Waals surface area contributed by atoms with Crippen molar-refractivity contribution in [3.63, 3.8) is 0 Å². The summed E-state index contributed by atoms with van der Waals surface area (Å²) in [6, 6.07) is 11.8. The van der Waals surface area contributed by atoms with E-state index >= 15 is 0 Å². The third-order valence-corrected chi connectivity index (χ3v) is 3.74. The third-order valence-electron chi connectivity index (χ3n) is 3.74. The van der Waals surface area contributed by atoms with E-state index in [-0.39, 0.29) is 16.9 Å². The first-order valence-electron chi connectivity index (χ1n) is 8.01. The van der Waals surface area contributed by atoms with Gasteiger partial charge < -0.3 is 10.1 Å². The van der Waals surface area contributed by atoms with Gasteiger partial charge >= 0.3 is 0 Å². The van der Waals surface area contributed by atoms with Gasteiger partial charge in [0.1, 0.15) is 5.75 Å². The summed E-state index contributed by atoms with van der Waals surface area (Å²) in [5.41, 5.74) is 0.434. The van der Waals surface area contributed by atoms with Gasteiger partial charge in [-0.05, 0) is 48.6 Å². The van der Waals surface area contributed by atoms with E-state index in [1.807, 2.05) is 36.4 Å². The van der Waals surface area contributed by atoms with Crippen molar-refractivity contribution in [2.75, 3.05) is 7.11 Å². The van der Waals surface area contributed by atoms with E-state index in [0.29, 0.717) is 11.3 Å². The second-order valence-electron chi connectivity index (χ2n) is 7.98. The first-order chi connectivity index (χ1) is 10.6. The number of nitrogens with one attached hydrogen (secondary N) is 1. The lowest BCUT2D eigenvalue weighted by atomic mass is 9.81. The van der Waals surface area contributed by atoms with Crippen molar-refractivity contribution in [1.29, 1.82) is 0 Å². The first kappa shape index (κ1) is 17.3. The smallest absolute Gasteiger partial charge is 0.255 e. The standard InChI is InChI=1S/C20H27NO2/c1-19(2,3)13-20(4,5)21-18(22)16-11-14-9-7-8-10-15(14)12-17(16)23-6/h7-12H,13H2,1-6H3,(H,21,22). The van der Waals surface area contributed by atoms with Crippen LogP contribution in [0.1, 0.15) is 51.4 Å². The number of fused-ring (bicyclic) bond motifs is 1. The fraction of sp³-hybridized carbons (Fsp3) is 0.450. The molecule has 0 saturated heterocycles. The van der Waals surface area contributed by atoms with Crippen LogP contribution in [0.5, 0.6) is 5.75 Å². The molecule has 0 spiro atoms. The molecule has 1 amide bonds. The van der Waals surface area contributed by atoms with Crippen LogP contribution in [0.25, 0.3) is 10.8 Å². The molecular weight excluding hydrogens is 286 g/mol. The van der Waals surface area contributed by atoms with Gasteiger partial charge in [0.25, 0.3) is 5.91 Å². The lowest BCUT2D eigenvalue weighted by Gasteiger charge is -2.33. The van der Waals surface area contributed by atoms with E-state index in [2.05, 4.69) is 39.9 Å². The van der Waals surface area contributed by atoms with Crippen molar-refractivity contribution in [2.45, 2.75) is 46.6 Å². The highest BCUT2D eigenvalue weighted by Crippen LogP contribution is 2.29. The van der Waals surface area contributed by atoms with Gasteiger partial charge in [0.05, 0.1) is 12.7 Å². The molecule has 0 bridgehead atoms. The zero-order valence-corrected chi connectivity index (χ0v) is 15.0. The van der Waals surface area contributed by atoms with Crippen LogP contribution in [0.3, 0.4) is 0 Å². The zero-order valence-electron chi connectivity index (χ0n) is 15.0. The minimum Gasteiger partial charge on any atom is -0.496 e. The van der Waals surface area contributed by atoms with E-state index in [9.17, 15) is 4.79 Å². The molecule has 0 atom stereocenters. The quantitative estimate of drug-likeness (QED) is 0.881. The van der Waals surface area contributed by atoms with Crippen LogP contribution in [-0.2, 0) is 0 Å². The maximum absolute atomic E-state index is 12.8. The summed E-state index contributed by atoms with van der Waals surface area (Å²) in [5, 5.41) is 5.25. The van der Waals surface area contributed by atoms with Gasteiger partial charge in [-0.1, -0.05) is 45.0 Å². The Morgan fingerprint density at radius 1 is 1.04 bits per heavy atom. The predicted octanol–water partition coefficient (Wildman–Crippen LogP) is 4.79. The molecule has 2 aromatic carbocycles. The van der Waals surface area contributed by atoms with E-state index in [0.717, 1.165) is 17.2 Å². The van der Waals surface area contributed by atoms with Crippen LogP contribution in [0.4, 0.5) is 0 Å². The molecule has 1 N–H and O–H groups in total. The summed E-state index contributed by atoms with van der Waals surface area (Å²) in [6.07, 6.45) is 0.891. The van der Waals surface area contributed by atoms with Crippen LogP contribution in [-0.4, -0.2) is 18.6 Å². The normalized spacial score (nSPS) is 12.3. The lowest BCUT2D eigenvalue weighted by Crippen LogP contribution is -2.45. The Labute approximate surface area is 139 Å². The van der Waals surface area contributed by atoms with Crippen LogP contribution >= 0.6 is 0 Å². The summed E-state index contributed by atoms with van der Waals surface area (Å²) in [6.45, 7) is 10.7. The number of hydrogen-bond donors (Lipinski definition) is 1. The number of benzene rings is 2. The summed E-state index contributed by atoms with van der Waals surface area (Å²) in [5.74, 6) is 0.509. The molecule has 0 radical (unpaired) electrons. The lowest BCUT2D eigenvalue weighted by molar-refractivity contribution is 0.0888. The Morgan fingerprint density at radius 2 is 1.61 bits per heavy atom. The van der Waals surface area contributed by atoms with Crippen LogP contribution in [0.15, 0.2) is 36.4 Å². The number of ether oxygens (including phenoxy) is 1. The fourth-order valence-corrected chi connectivity index (χ4v) is 3.31. The molecule has 0 heterocycles. The number of methoxy groups -OCH3 is 1. The SMILES string of the molecule is COc1cc2ccccc2cc1C(=O)NC(C)(C)CC(C)(C)C. The summed E-state index contributed by atoms with van der Waals surface area (Å²) in [7, 11) is 1.60. The topological polar surface area (TPSA) is 38.3 Å². The van der Waals surface area contributed by atoms with Gasteiger partial charge in [-0.2, -0.15) is 0 Å². The fourth-order valence-electron chi connectivity index (χ4n) is 3.31. The molecule has 124 valence electrons. The van der Waals surface area contributed by atoms with Gasteiger partial charge in [0.2, 0.25) is 0 Å². The molecule has 0 unspecified atom stereocenters. The van der Waals surface area contributed by atoms with Crippen LogP contribution in [0.2, 0.25) is 0 Å². The van der Waals surface area contributed by atoms with E-state index < -0.39 is 0 Å². The van der Waals surface area contributed by atoms with Gasteiger partial charge in [-0.25, -0.2) is 0 Å². The molecular formula is C20H27NO2. The molecule has 0 saturated carbocycles. The second-order valence-corrected chi connectivity index (χ2v) is 7.98. The minimum atomic E-state index is -0.286. The first-order valence-corrected chi connectivity index (χ1v) is 8.01. The van der Waals surface area contributed by atoms with Crippen LogP contribution in [0, 0.1) is 5.41 Å². The molecule has 3 heteroatoms. The number of carbonyl (C=O) groups excluding carboxylic acids is 1. The Bertz CT molecular complexity index is 711. The monoisotopic (exact) mass is 313 g/mol. The summed E-state index contributed by atoms with van der Waals surface area (Å²) >= 11 is 0. The largest absolute Gasteiger partial charge is 0.496 e. The molecule has 0 aliphatic heterocycles. The molecule has 0 aromatic heterocycles. The van der Waals surface area contributed by atoms with Crippen molar-refractivity contribution >= 4 is 16.7 Å². The Kier molecular flexibility index (Phi) is 4.69.